The molecule has 0 fully saturated rings. The SMILES string of the molecule is Cc1ccc(S(OC(=[OH+])C(F)(F)C(F)(F)C(F)(F)C(F)(F)C(F)(F)C(F)(F)C(F)(F)F)(c2ccccc2)c2ccccc2)cc1. The number of halogens is 15. The third kappa shape index (κ3) is 5.37. The molecule has 0 amide bonds. The number of hydrogen-bond donors (Lipinski definition) is 0. The Bertz CT molecular complexity index is 1450. The highest BCUT2D eigenvalue weighted by Gasteiger charge is 2.95. The van der Waals surface area contributed by atoms with Gasteiger partial charge in [-0.05, 0) is 43.3 Å². The first kappa shape index (κ1) is 35.9. The van der Waals surface area contributed by atoms with Gasteiger partial charge in [-0.3, -0.25) is 0 Å². The van der Waals surface area contributed by atoms with Crippen molar-refractivity contribution in [2.45, 2.75) is 63.3 Å². The van der Waals surface area contributed by atoms with Gasteiger partial charge in [-0.2, -0.15) is 65.9 Å². The molecule has 0 aromatic heterocycles. The minimum Gasteiger partial charge on any atom is -0.333 e. The van der Waals surface area contributed by atoms with E-state index < -0.39 is 58.0 Å². The average molecular weight is 691 g/mol. The molecule has 2 nitrogen and oxygen atoms in total. The zero-order valence-electron chi connectivity index (χ0n) is 22.0. The van der Waals surface area contributed by atoms with Crippen molar-refractivity contribution in [3.8, 4) is 0 Å². The first-order valence-corrected chi connectivity index (χ1v) is 13.5. The van der Waals surface area contributed by atoms with Crippen LogP contribution in [0.1, 0.15) is 5.56 Å². The maximum atomic E-state index is 15.1. The summed E-state index contributed by atoms with van der Waals surface area (Å²) in [5.41, 5.74) is 0.525. The lowest BCUT2D eigenvalue weighted by Gasteiger charge is -2.40. The number of aryl methyl sites for hydroxylation is 1. The number of carbonyl (C=O) groups excluding carboxylic acids is 1. The minimum absolute atomic E-state index is 0.204. The normalized spacial score (nSPS) is 14.7. The molecule has 0 aliphatic carbocycles. The third-order valence-electron chi connectivity index (χ3n) is 6.30. The van der Waals surface area contributed by atoms with Crippen LogP contribution in [0.4, 0.5) is 65.9 Å². The third-order valence-corrected chi connectivity index (χ3v) is 9.52. The predicted molar refractivity (Wildman–Crippen MR) is 130 cm³/mol. The van der Waals surface area contributed by atoms with Crippen LogP contribution in [0, 0.1) is 6.92 Å². The molecule has 3 aromatic carbocycles. The van der Waals surface area contributed by atoms with Crippen molar-refractivity contribution in [2.24, 2.45) is 0 Å². The van der Waals surface area contributed by atoms with Gasteiger partial charge >= 0.3 is 47.7 Å². The van der Waals surface area contributed by atoms with Gasteiger partial charge in [-0.15, -0.1) is 0 Å². The van der Waals surface area contributed by atoms with Gasteiger partial charge in [-0.1, -0.05) is 54.1 Å². The van der Waals surface area contributed by atoms with E-state index in [1.54, 1.807) is 6.92 Å². The molecule has 45 heavy (non-hydrogen) atoms. The molecular weight excluding hydrogens is 673 g/mol. The monoisotopic (exact) mass is 691 g/mol. The minimum atomic E-state index is -8.51. The zero-order chi connectivity index (χ0) is 34.5. The quantitative estimate of drug-likeness (QED) is 0.154. The first-order valence-electron chi connectivity index (χ1n) is 11.9. The van der Waals surface area contributed by atoms with Gasteiger partial charge in [-0.25, -0.2) is 4.18 Å². The van der Waals surface area contributed by atoms with Crippen LogP contribution in [-0.2, 0) is 4.18 Å². The molecule has 248 valence electrons. The summed E-state index contributed by atoms with van der Waals surface area (Å²) in [6.07, 6.45) is -7.73. The first-order chi connectivity index (χ1) is 20.3. The van der Waals surface area contributed by atoms with E-state index in [1.165, 1.54) is 60.7 Å². The molecule has 0 atom stereocenters. The Balaban J connectivity index is 2.24. The summed E-state index contributed by atoms with van der Waals surface area (Å²) < 4.78 is 212. The van der Waals surface area contributed by atoms with E-state index in [9.17, 15) is 61.9 Å². The molecular formula is C27H18F15O2S+. The van der Waals surface area contributed by atoms with Crippen molar-refractivity contribution in [3.63, 3.8) is 0 Å². The highest BCUT2D eigenvalue weighted by atomic mass is 32.3. The summed E-state index contributed by atoms with van der Waals surface area (Å²) in [6, 6.07) is 17.4. The molecule has 0 bridgehead atoms. The Morgan fingerprint density at radius 1 is 0.489 bits per heavy atom. The van der Waals surface area contributed by atoms with E-state index in [2.05, 4.69) is 0 Å². The van der Waals surface area contributed by atoms with Crippen molar-refractivity contribution < 1.29 is 74.8 Å². The number of hydrogen-bond acceptors (Lipinski definition) is 1. The average Bonchev–Trinajstić information content (AvgIpc) is 2.96. The maximum absolute atomic E-state index is 15.1. The molecule has 1 N–H and O–H groups in total. The van der Waals surface area contributed by atoms with Crippen molar-refractivity contribution in [2.75, 3.05) is 0 Å². The number of benzene rings is 3. The molecule has 0 aliphatic heterocycles. The molecule has 0 heterocycles. The summed E-state index contributed by atoms with van der Waals surface area (Å²) in [6.45, 7) is 1.55. The highest BCUT2D eigenvalue weighted by molar-refractivity contribution is 8.30. The summed E-state index contributed by atoms with van der Waals surface area (Å²) in [4.78, 5) is 9.58. The van der Waals surface area contributed by atoms with Crippen molar-refractivity contribution in [3.05, 3.63) is 90.5 Å². The Hall–Kier alpha value is -3.57. The van der Waals surface area contributed by atoms with E-state index in [-0.39, 0.29) is 14.7 Å². The van der Waals surface area contributed by atoms with Gasteiger partial charge in [0, 0.05) is 0 Å². The molecule has 0 unspecified atom stereocenters. The molecule has 3 rings (SSSR count). The van der Waals surface area contributed by atoms with Gasteiger partial charge in [0.15, 0.2) is 0 Å². The second kappa shape index (κ2) is 11.3. The van der Waals surface area contributed by atoms with E-state index in [1.807, 2.05) is 0 Å². The van der Waals surface area contributed by atoms with E-state index in [0.717, 1.165) is 24.3 Å². The lowest BCUT2D eigenvalue weighted by Crippen LogP contribution is -2.73. The molecule has 0 saturated carbocycles. The van der Waals surface area contributed by atoms with Crippen molar-refractivity contribution >= 4 is 16.3 Å². The zero-order valence-corrected chi connectivity index (χ0v) is 22.8. The highest BCUT2D eigenvalue weighted by Crippen LogP contribution is 2.70. The van der Waals surface area contributed by atoms with E-state index in [0.29, 0.717) is 5.56 Å². The van der Waals surface area contributed by atoms with Gasteiger partial charge in [0.2, 0.25) is 0 Å². The van der Waals surface area contributed by atoms with Gasteiger partial charge < -0.3 is 4.79 Å². The summed E-state index contributed by atoms with van der Waals surface area (Å²) in [5, 5.41) is 0. The van der Waals surface area contributed by atoms with Crippen LogP contribution < -0.4 is 0 Å². The second-order valence-corrected chi connectivity index (χ2v) is 12.0. The molecule has 0 saturated heterocycles. The van der Waals surface area contributed by atoms with Crippen molar-refractivity contribution in [1.29, 1.82) is 0 Å². The van der Waals surface area contributed by atoms with Crippen LogP contribution in [0.25, 0.3) is 0 Å². The fourth-order valence-electron chi connectivity index (χ4n) is 3.78. The fraction of sp³-hybridized carbons (Fsp3) is 0.296. The van der Waals surface area contributed by atoms with Crippen LogP contribution in [-0.4, -0.2) is 52.5 Å². The lowest BCUT2D eigenvalue weighted by atomic mass is 9.91. The van der Waals surface area contributed by atoms with Gasteiger partial charge in [0.05, 0.1) is 25.0 Å². The molecule has 0 spiro atoms. The van der Waals surface area contributed by atoms with Crippen LogP contribution in [0.2, 0.25) is 0 Å². The predicted octanol–water partition coefficient (Wildman–Crippen LogP) is 10.1. The summed E-state index contributed by atoms with van der Waals surface area (Å²) in [5.74, 6) is -52.0. The van der Waals surface area contributed by atoms with E-state index >= 15 is 8.78 Å². The Morgan fingerprint density at radius 2 is 0.822 bits per heavy atom. The number of alkyl halides is 15. The Kier molecular flexibility index (Phi) is 9.05. The standard InChI is InChI=1S/C27H17F15O2S/c1-16-12-14-19(15-13-16)45(17-8-4-2-5-9-17,18-10-6-3-7-11-18)44-20(43)21(28,29)22(30,31)23(32,33)24(34,35)25(36,37)26(38,39)27(40,41)42/h2-15H,1H3/p+1. The van der Waals surface area contributed by atoms with Crippen LogP contribution in [0.15, 0.2) is 99.6 Å². The second-order valence-electron chi connectivity index (χ2n) is 9.33. The van der Waals surface area contributed by atoms with Gasteiger partial charge in [0.1, 0.15) is 0 Å². The summed E-state index contributed by atoms with van der Waals surface area (Å²) >= 11 is 0. The van der Waals surface area contributed by atoms with Gasteiger partial charge in [0.25, 0.3) is 0 Å². The Morgan fingerprint density at radius 3 is 1.20 bits per heavy atom. The Labute approximate surface area is 245 Å². The smallest absolute Gasteiger partial charge is 0.333 e. The van der Waals surface area contributed by atoms with E-state index in [4.69, 9.17) is 4.18 Å². The molecule has 3 aromatic rings. The topological polar surface area (TPSA) is 30.6 Å². The molecule has 0 radical (unpaired) electrons. The molecule has 18 heteroatoms. The fourth-order valence-corrected chi connectivity index (χ4v) is 6.83. The largest absolute Gasteiger partial charge is 0.576 e. The lowest BCUT2D eigenvalue weighted by molar-refractivity contribution is -0.449. The number of rotatable bonds is 10. The summed E-state index contributed by atoms with van der Waals surface area (Å²) in [7, 11) is -3.99. The van der Waals surface area contributed by atoms with Crippen LogP contribution in [0.3, 0.4) is 0 Å². The molecule has 0 aliphatic rings. The van der Waals surface area contributed by atoms with Crippen LogP contribution >= 0.6 is 10.3 Å². The van der Waals surface area contributed by atoms with Crippen LogP contribution in [0.5, 0.6) is 0 Å². The maximum Gasteiger partial charge on any atom is 0.576 e. The van der Waals surface area contributed by atoms with Crippen molar-refractivity contribution in [1.82, 2.24) is 0 Å².